The topological polar surface area (TPSA) is 50.8 Å². The third kappa shape index (κ3) is 3.20. The molecule has 2 aliphatic rings. The third-order valence-corrected chi connectivity index (χ3v) is 3.97. The second-order valence-corrected chi connectivity index (χ2v) is 5.41. The van der Waals surface area contributed by atoms with Crippen LogP contribution >= 0.6 is 12.4 Å². The molecule has 0 unspecified atom stereocenters. The molecule has 0 spiro atoms. The van der Waals surface area contributed by atoms with E-state index in [0.29, 0.717) is 12.2 Å². The maximum atomic E-state index is 12.6. The van der Waals surface area contributed by atoms with Gasteiger partial charge in [-0.1, -0.05) is 0 Å². The number of carbonyl (C=O) groups is 1. The van der Waals surface area contributed by atoms with Crippen LogP contribution in [0.1, 0.15) is 12.5 Å². The van der Waals surface area contributed by atoms with E-state index in [1.165, 1.54) is 0 Å². The van der Waals surface area contributed by atoms with Crippen molar-refractivity contribution in [1.82, 2.24) is 10.2 Å². The zero-order valence-electron chi connectivity index (χ0n) is 12.8. The van der Waals surface area contributed by atoms with Crippen molar-refractivity contribution in [2.45, 2.75) is 13.0 Å². The van der Waals surface area contributed by atoms with Gasteiger partial charge in [0.05, 0.1) is 12.7 Å². The highest BCUT2D eigenvalue weighted by atomic mass is 35.5. The first kappa shape index (κ1) is 16.6. The lowest BCUT2D eigenvalue weighted by Gasteiger charge is -2.35. The average molecular weight is 325 g/mol. The normalized spacial score (nSPS) is 20.2. The van der Waals surface area contributed by atoms with Gasteiger partial charge in [-0.2, -0.15) is 0 Å². The molecule has 22 heavy (non-hydrogen) atoms. The highest BCUT2D eigenvalue weighted by molar-refractivity contribution is 5.99. The summed E-state index contributed by atoms with van der Waals surface area (Å²) in [6.07, 6.45) is 1.92. The second-order valence-electron chi connectivity index (χ2n) is 5.41. The largest absolute Gasteiger partial charge is 0.497 e. The van der Waals surface area contributed by atoms with E-state index in [4.69, 9.17) is 9.47 Å². The first-order valence-electron chi connectivity index (χ1n) is 7.22. The quantitative estimate of drug-likeness (QED) is 0.900. The highest BCUT2D eigenvalue weighted by Gasteiger charge is 2.27. The number of benzene rings is 1. The Balaban J connectivity index is 0.00000176. The first-order chi connectivity index (χ1) is 10.2. The summed E-state index contributed by atoms with van der Waals surface area (Å²) in [4.78, 5) is 14.6. The number of ether oxygens (including phenoxy) is 2. The van der Waals surface area contributed by atoms with Crippen molar-refractivity contribution in [1.29, 1.82) is 0 Å². The van der Waals surface area contributed by atoms with Crippen LogP contribution in [-0.2, 0) is 4.79 Å². The van der Waals surface area contributed by atoms with Gasteiger partial charge in [-0.05, 0) is 31.2 Å². The zero-order valence-corrected chi connectivity index (χ0v) is 13.6. The van der Waals surface area contributed by atoms with E-state index in [1.54, 1.807) is 7.11 Å². The fourth-order valence-corrected chi connectivity index (χ4v) is 2.73. The van der Waals surface area contributed by atoms with E-state index in [-0.39, 0.29) is 24.4 Å². The lowest BCUT2D eigenvalue weighted by atomic mass is 10.0. The molecule has 2 heterocycles. The van der Waals surface area contributed by atoms with Gasteiger partial charge >= 0.3 is 0 Å². The Bertz CT molecular complexity index is 589. The van der Waals surface area contributed by atoms with Gasteiger partial charge in [0, 0.05) is 31.2 Å². The SMILES string of the molecule is COc1ccc2c(c1)C=C(C(=O)N1CCNC[C@H]1C)CO2.Cl. The number of amides is 1. The number of nitrogens with one attached hydrogen (secondary N) is 1. The molecular weight excluding hydrogens is 304 g/mol. The lowest BCUT2D eigenvalue weighted by Crippen LogP contribution is -2.53. The fourth-order valence-electron chi connectivity index (χ4n) is 2.73. The van der Waals surface area contributed by atoms with Crippen molar-refractivity contribution >= 4 is 24.4 Å². The molecule has 1 aromatic rings. The molecule has 0 aromatic heterocycles. The molecule has 3 rings (SSSR count). The minimum absolute atomic E-state index is 0. The van der Waals surface area contributed by atoms with Gasteiger partial charge in [0.2, 0.25) is 0 Å². The van der Waals surface area contributed by atoms with Gasteiger partial charge in [0.1, 0.15) is 18.1 Å². The van der Waals surface area contributed by atoms with Crippen LogP contribution in [0.15, 0.2) is 23.8 Å². The van der Waals surface area contributed by atoms with Crippen LogP contribution in [0, 0.1) is 0 Å². The summed E-state index contributed by atoms with van der Waals surface area (Å²) in [6, 6.07) is 5.83. The van der Waals surface area contributed by atoms with E-state index in [1.807, 2.05) is 29.2 Å². The Morgan fingerprint density at radius 2 is 2.27 bits per heavy atom. The Morgan fingerprint density at radius 3 is 3.00 bits per heavy atom. The number of fused-ring (bicyclic) bond motifs is 1. The molecule has 2 aliphatic heterocycles. The number of rotatable bonds is 2. The average Bonchev–Trinajstić information content (AvgIpc) is 2.53. The van der Waals surface area contributed by atoms with E-state index >= 15 is 0 Å². The number of halogens is 1. The Morgan fingerprint density at radius 1 is 1.45 bits per heavy atom. The number of nitrogens with zero attached hydrogens (tertiary/aromatic N) is 1. The van der Waals surface area contributed by atoms with Gasteiger partial charge in [-0.15, -0.1) is 12.4 Å². The monoisotopic (exact) mass is 324 g/mol. The molecule has 5 nitrogen and oxygen atoms in total. The van der Waals surface area contributed by atoms with Crippen molar-refractivity contribution in [3.8, 4) is 11.5 Å². The van der Waals surface area contributed by atoms with E-state index in [2.05, 4.69) is 12.2 Å². The summed E-state index contributed by atoms with van der Waals surface area (Å²) in [5, 5.41) is 3.29. The second kappa shape index (κ2) is 7.03. The Kier molecular flexibility index (Phi) is 5.32. The molecule has 1 aromatic carbocycles. The van der Waals surface area contributed by atoms with Crippen LogP contribution in [0.4, 0.5) is 0 Å². The summed E-state index contributed by atoms with van der Waals surface area (Å²) in [7, 11) is 1.63. The van der Waals surface area contributed by atoms with Gasteiger partial charge in [-0.25, -0.2) is 0 Å². The molecule has 1 saturated heterocycles. The molecule has 1 atom stereocenters. The maximum absolute atomic E-state index is 12.6. The summed E-state index contributed by atoms with van der Waals surface area (Å²) < 4.78 is 10.9. The van der Waals surface area contributed by atoms with Crippen LogP contribution in [0.2, 0.25) is 0 Å². The number of hydrogen-bond acceptors (Lipinski definition) is 4. The standard InChI is InChI=1S/C16H20N2O3.ClH/c1-11-9-17-5-6-18(11)16(19)13-7-12-8-14(20-2)3-4-15(12)21-10-13;/h3-4,7-8,11,17H,5-6,9-10H2,1-2H3;1H/t11-;/m1./s1. The van der Waals surface area contributed by atoms with Gasteiger partial charge in [0.15, 0.2) is 0 Å². The number of carbonyl (C=O) groups excluding carboxylic acids is 1. The van der Waals surface area contributed by atoms with Crippen LogP contribution in [-0.4, -0.2) is 50.2 Å². The van der Waals surface area contributed by atoms with Gasteiger partial charge in [0.25, 0.3) is 5.91 Å². The first-order valence-corrected chi connectivity index (χ1v) is 7.22. The Labute approximate surface area is 136 Å². The molecule has 1 N–H and O–H groups in total. The molecule has 0 bridgehead atoms. The van der Waals surface area contributed by atoms with E-state index in [0.717, 1.165) is 36.7 Å². The van der Waals surface area contributed by atoms with Gasteiger partial charge < -0.3 is 19.7 Å². The predicted molar refractivity (Wildman–Crippen MR) is 87.8 cm³/mol. The van der Waals surface area contributed by atoms with Crippen molar-refractivity contribution in [2.75, 3.05) is 33.4 Å². The summed E-state index contributed by atoms with van der Waals surface area (Å²) in [5.41, 5.74) is 1.59. The summed E-state index contributed by atoms with van der Waals surface area (Å²) in [6.45, 7) is 4.81. The molecule has 0 saturated carbocycles. The number of methoxy groups -OCH3 is 1. The molecular formula is C16H21ClN2O3. The van der Waals surface area contributed by atoms with E-state index in [9.17, 15) is 4.79 Å². The molecule has 1 fully saturated rings. The van der Waals surface area contributed by atoms with Gasteiger partial charge in [-0.3, -0.25) is 4.79 Å². The predicted octanol–water partition coefficient (Wildman–Crippen LogP) is 1.71. The maximum Gasteiger partial charge on any atom is 0.253 e. The highest BCUT2D eigenvalue weighted by Crippen LogP contribution is 2.30. The molecule has 0 radical (unpaired) electrons. The van der Waals surface area contributed by atoms with Crippen LogP contribution in [0.5, 0.6) is 11.5 Å². The fraction of sp³-hybridized carbons (Fsp3) is 0.438. The smallest absolute Gasteiger partial charge is 0.253 e. The lowest BCUT2D eigenvalue weighted by molar-refractivity contribution is -0.130. The minimum atomic E-state index is 0. The van der Waals surface area contributed by atoms with Crippen LogP contribution in [0.3, 0.4) is 0 Å². The molecule has 6 heteroatoms. The van der Waals surface area contributed by atoms with Crippen molar-refractivity contribution in [3.05, 3.63) is 29.3 Å². The van der Waals surface area contributed by atoms with E-state index < -0.39 is 0 Å². The van der Waals surface area contributed by atoms with Crippen molar-refractivity contribution < 1.29 is 14.3 Å². The van der Waals surface area contributed by atoms with Crippen molar-refractivity contribution in [3.63, 3.8) is 0 Å². The number of piperazine rings is 1. The van der Waals surface area contributed by atoms with Crippen molar-refractivity contribution in [2.24, 2.45) is 0 Å². The molecule has 120 valence electrons. The molecule has 0 aliphatic carbocycles. The zero-order chi connectivity index (χ0) is 14.8. The number of hydrogen-bond donors (Lipinski definition) is 1. The third-order valence-electron chi connectivity index (χ3n) is 3.97. The minimum Gasteiger partial charge on any atom is -0.497 e. The van der Waals surface area contributed by atoms with Crippen LogP contribution in [0.25, 0.3) is 6.08 Å². The van der Waals surface area contributed by atoms with Crippen LogP contribution < -0.4 is 14.8 Å². The summed E-state index contributed by atoms with van der Waals surface area (Å²) in [5.74, 6) is 1.62. The Hall–Kier alpha value is -1.72. The summed E-state index contributed by atoms with van der Waals surface area (Å²) >= 11 is 0. The molecule has 1 amide bonds.